The van der Waals surface area contributed by atoms with Crippen LogP contribution in [0.5, 0.6) is 0 Å². The molecule has 80 valence electrons. The second-order valence-electron chi connectivity index (χ2n) is 4.65. The van der Waals surface area contributed by atoms with E-state index in [1.165, 1.54) is 5.56 Å². The zero-order valence-electron chi connectivity index (χ0n) is 9.03. The van der Waals surface area contributed by atoms with Gasteiger partial charge in [0.2, 0.25) is 0 Å². The lowest BCUT2D eigenvalue weighted by molar-refractivity contribution is -0.109. The van der Waals surface area contributed by atoms with E-state index in [4.69, 9.17) is 11.6 Å². The average molecular weight is 223 g/mol. The molecular formula is C13H15ClO. The SMILES string of the molecule is CC(C)C1(c2cccc(Cl)c2)CC1C=O. The average Bonchev–Trinajstić information content (AvgIpc) is 2.93. The van der Waals surface area contributed by atoms with Gasteiger partial charge in [-0.1, -0.05) is 37.6 Å². The van der Waals surface area contributed by atoms with Gasteiger partial charge in [-0.2, -0.15) is 0 Å². The minimum Gasteiger partial charge on any atom is -0.303 e. The topological polar surface area (TPSA) is 17.1 Å². The van der Waals surface area contributed by atoms with Crippen molar-refractivity contribution >= 4 is 17.9 Å². The first-order valence-electron chi connectivity index (χ1n) is 5.32. The van der Waals surface area contributed by atoms with Crippen molar-refractivity contribution in [3.8, 4) is 0 Å². The van der Waals surface area contributed by atoms with E-state index in [-0.39, 0.29) is 11.3 Å². The summed E-state index contributed by atoms with van der Waals surface area (Å²) in [6.07, 6.45) is 2.05. The zero-order chi connectivity index (χ0) is 11.1. The van der Waals surface area contributed by atoms with Crippen LogP contribution in [0.2, 0.25) is 5.02 Å². The lowest BCUT2D eigenvalue weighted by Gasteiger charge is -2.21. The van der Waals surface area contributed by atoms with Crippen molar-refractivity contribution in [2.24, 2.45) is 11.8 Å². The van der Waals surface area contributed by atoms with E-state index >= 15 is 0 Å². The number of carbonyl (C=O) groups excluding carboxylic acids is 1. The molecule has 1 aliphatic carbocycles. The molecule has 15 heavy (non-hydrogen) atoms. The van der Waals surface area contributed by atoms with Crippen molar-refractivity contribution < 1.29 is 4.79 Å². The molecule has 1 saturated carbocycles. The van der Waals surface area contributed by atoms with Gasteiger partial charge < -0.3 is 4.79 Å². The van der Waals surface area contributed by atoms with Crippen molar-refractivity contribution in [1.29, 1.82) is 0 Å². The van der Waals surface area contributed by atoms with E-state index in [0.29, 0.717) is 5.92 Å². The third-order valence-electron chi connectivity index (χ3n) is 3.62. The summed E-state index contributed by atoms with van der Waals surface area (Å²) in [4.78, 5) is 10.9. The lowest BCUT2D eigenvalue weighted by atomic mass is 9.83. The first kappa shape index (κ1) is 10.7. The van der Waals surface area contributed by atoms with E-state index in [1.54, 1.807) is 0 Å². The van der Waals surface area contributed by atoms with Crippen LogP contribution in [-0.4, -0.2) is 6.29 Å². The molecule has 1 aliphatic rings. The molecule has 2 rings (SSSR count). The van der Waals surface area contributed by atoms with Crippen molar-refractivity contribution in [2.75, 3.05) is 0 Å². The predicted molar refractivity (Wildman–Crippen MR) is 62.1 cm³/mol. The molecule has 1 aromatic rings. The van der Waals surface area contributed by atoms with Crippen molar-refractivity contribution in [2.45, 2.75) is 25.7 Å². The minimum atomic E-state index is 0.0483. The van der Waals surface area contributed by atoms with E-state index in [1.807, 2.05) is 18.2 Å². The van der Waals surface area contributed by atoms with Crippen molar-refractivity contribution in [3.05, 3.63) is 34.9 Å². The van der Waals surface area contributed by atoms with Crippen LogP contribution in [0.1, 0.15) is 25.8 Å². The molecule has 0 spiro atoms. The molecule has 1 fully saturated rings. The number of hydrogen-bond donors (Lipinski definition) is 0. The Morgan fingerprint density at radius 1 is 1.53 bits per heavy atom. The predicted octanol–water partition coefficient (Wildman–Crippen LogP) is 3.45. The smallest absolute Gasteiger partial charge is 0.124 e. The summed E-state index contributed by atoms with van der Waals surface area (Å²) in [5.41, 5.74) is 1.26. The van der Waals surface area contributed by atoms with Crippen LogP contribution in [0.3, 0.4) is 0 Å². The number of rotatable bonds is 3. The van der Waals surface area contributed by atoms with Gasteiger partial charge in [0.05, 0.1) is 0 Å². The molecule has 0 bridgehead atoms. The van der Waals surface area contributed by atoms with E-state index in [2.05, 4.69) is 19.9 Å². The fraction of sp³-hybridized carbons (Fsp3) is 0.462. The Morgan fingerprint density at radius 3 is 2.73 bits per heavy atom. The summed E-state index contributed by atoms with van der Waals surface area (Å²) >= 11 is 5.99. The maximum absolute atomic E-state index is 10.9. The highest BCUT2D eigenvalue weighted by Crippen LogP contribution is 2.58. The summed E-state index contributed by atoms with van der Waals surface area (Å²) in [6, 6.07) is 7.90. The largest absolute Gasteiger partial charge is 0.303 e. The first-order chi connectivity index (χ1) is 7.11. The Kier molecular flexibility index (Phi) is 2.59. The summed E-state index contributed by atoms with van der Waals surface area (Å²) in [5, 5.41) is 0.754. The number of carbonyl (C=O) groups is 1. The van der Waals surface area contributed by atoms with Crippen LogP contribution in [0.15, 0.2) is 24.3 Å². The summed E-state index contributed by atoms with van der Waals surface area (Å²) in [7, 11) is 0. The quantitative estimate of drug-likeness (QED) is 0.716. The van der Waals surface area contributed by atoms with E-state index < -0.39 is 0 Å². The normalized spacial score (nSPS) is 29.2. The van der Waals surface area contributed by atoms with E-state index in [9.17, 15) is 4.79 Å². The van der Waals surface area contributed by atoms with Gasteiger partial charge in [-0.05, 0) is 30.0 Å². The number of halogens is 1. The molecule has 0 N–H and O–H groups in total. The standard InChI is InChI=1S/C13H15ClO/c1-9(2)13(7-11(13)8-15)10-4-3-5-12(14)6-10/h3-6,8-9,11H,7H2,1-2H3. The fourth-order valence-corrected chi connectivity index (χ4v) is 2.77. The maximum Gasteiger partial charge on any atom is 0.124 e. The van der Waals surface area contributed by atoms with Gasteiger partial charge in [0.15, 0.2) is 0 Å². The molecule has 2 heteroatoms. The molecule has 2 unspecified atom stereocenters. The van der Waals surface area contributed by atoms with Crippen LogP contribution in [0.25, 0.3) is 0 Å². The summed E-state index contributed by atoms with van der Waals surface area (Å²) in [6.45, 7) is 4.34. The van der Waals surface area contributed by atoms with Gasteiger partial charge in [0, 0.05) is 16.4 Å². The molecule has 0 saturated heterocycles. The molecular weight excluding hydrogens is 208 g/mol. The molecule has 1 aromatic carbocycles. The van der Waals surface area contributed by atoms with Gasteiger partial charge in [-0.25, -0.2) is 0 Å². The third kappa shape index (κ3) is 1.59. The lowest BCUT2D eigenvalue weighted by Crippen LogP contribution is -2.18. The molecule has 0 amide bonds. The van der Waals surface area contributed by atoms with Gasteiger partial charge >= 0.3 is 0 Å². The molecule has 0 aliphatic heterocycles. The van der Waals surface area contributed by atoms with Crippen LogP contribution in [-0.2, 0) is 10.2 Å². The molecule has 0 radical (unpaired) electrons. The van der Waals surface area contributed by atoms with E-state index in [0.717, 1.165) is 17.7 Å². The maximum atomic E-state index is 10.9. The molecule has 1 nitrogen and oxygen atoms in total. The zero-order valence-corrected chi connectivity index (χ0v) is 9.79. The molecule has 0 aromatic heterocycles. The molecule has 2 atom stereocenters. The Labute approximate surface area is 95.4 Å². The van der Waals surface area contributed by atoms with Gasteiger partial charge in [-0.3, -0.25) is 0 Å². The highest BCUT2D eigenvalue weighted by molar-refractivity contribution is 6.30. The molecule has 0 heterocycles. The van der Waals surface area contributed by atoms with Crippen LogP contribution >= 0.6 is 11.6 Å². The second-order valence-corrected chi connectivity index (χ2v) is 5.09. The Bertz CT molecular complexity index is 386. The monoisotopic (exact) mass is 222 g/mol. The van der Waals surface area contributed by atoms with Crippen LogP contribution in [0, 0.1) is 11.8 Å². The van der Waals surface area contributed by atoms with Crippen molar-refractivity contribution in [1.82, 2.24) is 0 Å². The van der Waals surface area contributed by atoms with Crippen molar-refractivity contribution in [3.63, 3.8) is 0 Å². The minimum absolute atomic E-state index is 0.0483. The fourth-order valence-electron chi connectivity index (χ4n) is 2.58. The third-order valence-corrected chi connectivity index (χ3v) is 3.85. The second kappa shape index (κ2) is 3.64. The number of aldehydes is 1. The highest BCUT2D eigenvalue weighted by Gasteiger charge is 2.57. The Morgan fingerprint density at radius 2 is 2.27 bits per heavy atom. The number of benzene rings is 1. The van der Waals surface area contributed by atoms with Gasteiger partial charge in [0.25, 0.3) is 0 Å². The Balaban J connectivity index is 2.40. The highest BCUT2D eigenvalue weighted by atomic mass is 35.5. The van der Waals surface area contributed by atoms with Crippen LogP contribution < -0.4 is 0 Å². The number of hydrogen-bond acceptors (Lipinski definition) is 1. The summed E-state index contributed by atoms with van der Waals surface area (Å²) < 4.78 is 0. The first-order valence-corrected chi connectivity index (χ1v) is 5.70. The Hall–Kier alpha value is -0.820. The summed E-state index contributed by atoms with van der Waals surface area (Å²) in [5.74, 6) is 0.655. The van der Waals surface area contributed by atoms with Gasteiger partial charge in [-0.15, -0.1) is 0 Å². The van der Waals surface area contributed by atoms with Gasteiger partial charge in [0.1, 0.15) is 6.29 Å². The van der Waals surface area contributed by atoms with Crippen LogP contribution in [0.4, 0.5) is 0 Å².